The van der Waals surface area contributed by atoms with Crippen LogP contribution in [-0.4, -0.2) is 84.1 Å². The lowest BCUT2D eigenvalue weighted by Gasteiger charge is -2.59. The Morgan fingerprint density at radius 1 is 1.32 bits per heavy atom. The number of hydroxylamine groups is 2. The summed E-state index contributed by atoms with van der Waals surface area (Å²) >= 11 is 0. The van der Waals surface area contributed by atoms with E-state index in [1.54, 1.807) is 0 Å². The van der Waals surface area contributed by atoms with Gasteiger partial charge in [-0.3, -0.25) is 9.35 Å². The average Bonchev–Trinajstić information content (AvgIpc) is 2.78. The van der Waals surface area contributed by atoms with Crippen molar-refractivity contribution < 1.29 is 26.8 Å². The van der Waals surface area contributed by atoms with Gasteiger partial charge in [-0.25, -0.2) is 4.79 Å². The van der Waals surface area contributed by atoms with E-state index in [9.17, 15) is 18.0 Å². The monoisotopic (exact) mass is 416 g/mol. The highest BCUT2D eigenvalue weighted by Gasteiger charge is 2.54. The summed E-state index contributed by atoms with van der Waals surface area (Å²) in [7, 11) is -4.78. The van der Waals surface area contributed by atoms with E-state index in [1.165, 1.54) is 17.7 Å². The standard InChI is InChI=1S/C17H28N4O6S/c1-2-3-6-19-10-17(11-19)7-12(8-17)18-15(22)14-5-4-13-9-20(14)16(23)21(13)27-28(24,25)26/h12-14H,2-11H2,1H3,(H,18,22)(H,24,25,26). The summed E-state index contributed by atoms with van der Waals surface area (Å²) < 4.78 is 35.1. The number of rotatable bonds is 7. The van der Waals surface area contributed by atoms with Crippen LogP contribution in [0.5, 0.6) is 0 Å². The van der Waals surface area contributed by atoms with Crippen LogP contribution in [0.15, 0.2) is 0 Å². The lowest BCUT2D eigenvalue weighted by atomic mass is 9.60. The summed E-state index contributed by atoms with van der Waals surface area (Å²) in [5.74, 6) is -0.192. The van der Waals surface area contributed by atoms with Gasteiger partial charge < -0.3 is 15.1 Å². The number of urea groups is 1. The Balaban J connectivity index is 1.26. The van der Waals surface area contributed by atoms with Gasteiger partial charge in [-0.1, -0.05) is 13.3 Å². The molecule has 1 spiro atoms. The number of carbonyl (C=O) groups excluding carboxylic acids is 2. The zero-order valence-electron chi connectivity index (χ0n) is 16.0. The first-order valence-corrected chi connectivity index (χ1v) is 11.4. The third kappa shape index (κ3) is 3.72. The third-order valence-corrected chi connectivity index (χ3v) is 6.80. The molecule has 4 aliphatic rings. The van der Waals surface area contributed by atoms with E-state index in [1.807, 2.05) is 0 Å². The van der Waals surface area contributed by atoms with E-state index < -0.39 is 28.5 Å². The number of fused-ring (bicyclic) bond motifs is 2. The van der Waals surface area contributed by atoms with Gasteiger partial charge in [-0.15, -0.1) is 4.28 Å². The van der Waals surface area contributed by atoms with E-state index in [4.69, 9.17) is 4.55 Å². The van der Waals surface area contributed by atoms with Crippen LogP contribution >= 0.6 is 0 Å². The maximum absolute atomic E-state index is 12.7. The average molecular weight is 417 g/mol. The Hall–Kier alpha value is -1.43. The summed E-state index contributed by atoms with van der Waals surface area (Å²) in [4.78, 5) is 28.9. The van der Waals surface area contributed by atoms with Crippen molar-refractivity contribution in [3.05, 3.63) is 0 Å². The number of hydrogen-bond donors (Lipinski definition) is 2. The molecule has 0 aromatic heterocycles. The van der Waals surface area contributed by atoms with Gasteiger partial charge in [0.15, 0.2) is 0 Å². The zero-order valence-corrected chi connectivity index (χ0v) is 16.9. The Labute approximate surface area is 165 Å². The molecule has 0 aromatic rings. The molecule has 3 amide bonds. The SMILES string of the molecule is CCCCN1CC2(CC(NC(=O)C3CCC4CN3C(=O)N4OS(=O)(=O)O)C2)C1. The summed E-state index contributed by atoms with van der Waals surface area (Å²) in [6.07, 6.45) is 5.26. The van der Waals surface area contributed by atoms with Gasteiger partial charge in [0, 0.05) is 25.7 Å². The van der Waals surface area contributed by atoms with Gasteiger partial charge in [-0.05, 0) is 44.1 Å². The van der Waals surface area contributed by atoms with Crippen molar-refractivity contribution in [1.29, 1.82) is 0 Å². The van der Waals surface area contributed by atoms with Gasteiger partial charge in [0.1, 0.15) is 6.04 Å². The predicted octanol–water partition coefficient (Wildman–Crippen LogP) is 0.370. The second-order valence-corrected chi connectivity index (χ2v) is 9.69. The lowest BCUT2D eigenvalue weighted by molar-refractivity contribution is -0.131. The number of amides is 3. The van der Waals surface area contributed by atoms with Gasteiger partial charge in [0.2, 0.25) is 5.91 Å². The quantitative estimate of drug-likeness (QED) is 0.576. The van der Waals surface area contributed by atoms with E-state index in [0.29, 0.717) is 23.3 Å². The number of piperidine rings is 1. The van der Waals surface area contributed by atoms with Crippen LogP contribution in [-0.2, 0) is 19.5 Å². The largest absolute Gasteiger partial charge is 0.418 e. The third-order valence-electron chi connectivity index (χ3n) is 6.45. The van der Waals surface area contributed by atoms with E-state index in [0.717, 1.165) is 32.5 Å². The smallest absolute Gasteiger partial charge is 0.352 e. The number of nitrogens with zero attached hydrogens (tertiary/aromatic N) is 3. The summed E-state index contributed by atoms with van der Waals surface area (Å²) in [6.45, 7) is 5.77. The molecule has 2 N–H and O–H groups in total. The van der Waals surface area contributed by atoms with Gasteiger partial charge >= 0.3 is 16.4 Å². The number of likely N-dealkylation sites (tertiary alicyclic amines) is 1. The molecule has 3 heterocycles. The van der Waals surface area contributed by atoms with Crippen molar-refractivity contribution in [1.82, 2.24) is 20.2 Å². The first-order valence-electron chi connectivity index (χ1n) is 9.99. The molecule has 2 unspecified atom stereocenters. The molecular formula is C17H28N4O6S. The highest BCUT2D eigenvalue weighted by Crippen LogP contribution is 2.48. The highest BCUT2D eigenvalue weighted by atomic mass is 32.3. The fourth-order valence-corrected chi connectivity index (χ4v) is 5.58. The zero-order chi connectivity index (χ0) is 20.1. The molecule has 1 aliphatic carbocycles. The van der Waals surface area contributed by atoms with E-state index >= 15 is 0 Å². The Bertz CT molecular complexity index is 745. The van der Waals surface area contributed by atoms with Crippen LogP contribution in [0, 0.1) is 5.41 Å². The molecule has 4 rings (SSSR count). The van der Waals surface area contributed by atoms with E-state index in [-0.39, 0.29) is 18.5 Å². The molecule has 11 heteroatoms. The molecular weight excluding hydrogens is 388 g/mol. The Kier molecular flexibility index (Phi) is 5.05. The molecule has 10 nitrogen and oxygen atoms in total. The van der Waals surface area contributed by atoms with Crippen LogP contribution < -0.4 is 5.32 Å². The fraction of sp³-hybridized carbons (Fsp3) is 0.882. The summed E-state index contributed by atoms with van der Waals surface area (Å²) in [5.41, 5.74) is 0.354. The van der Waals surface area contributed by atoms with Gasteiger partial charge in [-0.2, -0.15) is 13.5 Å². The van der Waals surface area contributed by atoms with Crippen LogP contribution in [0.1, 0.15) is 45.4 Å². The van der Waals surface area contributed by atoms with Crippen LogP contribution in [0.2, 0.25) is 0 Å². The van der Waals surface area contributed by atoms with Crippen molar-refractivity contribution in [2.24, 2.45) is 5.41 Å². The van der Waals surface area contributed by atoms with Crippen molar-refractivity contribution in [2.75, 3.05) is 26.2 Å². The molecule has 0 radical (unpaired) electrons. The van der Waals surface area contributed by atoms with Crippen molar-refractivity contribution in [3.8, 4) is 0 Å². The first kappa shape index (κ1) is 19.9. The van der Waals surface area contributed by atoms with Crippen LogP contribution in [0.3, 0.4) is 0 Å². The Morgan fingerprint density at radius 3 is 2.68 bits per heavy atom. The molecule has 1 saturated carbocycles. The van der Waals surface area contributed by atoms with Gasteiger partial charge in [0.05, 0.1) is 6.04 Å². The normalized spacial score (nSPS) is 29.7. The summed E-state index contributed by atoms with van der Waals surface area (Å²) in [6, 6.07) is -1.66. The number of hydrogen-bond acceptors (Lipinski definition) is 6. The minimum Gasteiger partial charge on any atom is -0.352 e. The number of nitrogens with one attached hydrogen (secondary N) is 1. The maximum Gasteiger partial charge on any atom is 0.418 e. The number of carbonyl (C=O) groups is 2. The topological polar surface area (TPSA) is 119 Å². The summed E-state index contributed by atoms with van der Waals surface area (Å²) in [5, 5.41) is 3.72. The van der Waals surface area contributed by atoms with Crippen LogP contribution in [0.4, 0.5) is 4.79 Å². The Morgan fingerprint density at radius 2 is 2.04 bits per heavy atom. The molecule has 2 bridgehead atoms. The minimum atomic E-state index is -4.78. The second-order valence-electron chi connectivity index (χ2n) is 8.69. The predicted molar refractivity (Wildman–Crippen MR) is 98.3 cm³/mol. The molecule has 3 saturated heterocycles. The van der Waals surface area contributed by atoms with Crippen molar-refractivity contribution >= 4 is 22.3 Å². The van der Waals surface area contributed by atoms with Crippen molar-refractivity contribution in [3.63, 3.8) is 0 Å². The molecule has 4 fully saturated rings. The molecule has 28 heavy (non-hydrogen) atoms. The molecule has 2 atom stereocenters. The molecule has 3 aliphatic heterocycles. The molecule has 158 valence electrons. The highest BCUT2D eigenvalue weighted by molar-refractivity contribution is 7.80. The fourth-order valence-electron chi connectivity index (χ4n) is 5.19. The van der Waals surface area contributed by atoms with Gasteiger partial charge in [0.25, 0.3) is 0 Å². The minimum absolute atomic E-state index is 0.140. The number of unbranched alkanes of at least 4 members (excludes halogenated alkanes) is 1. The van der Waals surface area contributed by atoms with Crippen molar-refractivity contribution in [2.45, 2.75) is 63.6 Å². The molecule has 0 aromatic carbocycles. The first-order chi connectivity index (χ1) is 13.2. The van der Waals surface area contributed by atoms with Crippen LogP contribution in [0.25, 0.3) is 0 Å². The maximum atomic E-state index is 12.7. The second kappa shape index (κ2) is 7.12. The lowest BCUT2D eigenvalue weighted by Crippen LogP contribution is -2.67. The van der Waals surface area contributed by atoms with E-state index in [2.05, 4.69) is 21.4 Å².